The summed E-state index contributed by atoms with van der Waals surface area (Å²) in [5, 5.41) is 26.3. The van der Waals surface area contributed by atoms with E-state index < -0.39 is 12.0 Å². The molecule has 10 heteroatoms. The molecule has 7 atom stereocenters. The Morgan fingerprint density at radius 3 is 2.30 bits per heavy atom. The lowest BCUT2D eigenvalue weighted by Gasteiger charge is -2.25. The minimum Gasteiger partial charge on any atom is -0.494 e. The number of hydrogen-bond donors (Lipinski definition) is 2. The number of aromatic nitrogens is 2. The minimum absolute atomic E-state index is 0.0609. The van der Waals surface area contributed by atoms with Crippen molar-refractivity contribution < 1.29 is 18.6 Å². The second kappa shape index (κ2) is 22.1. The molecule has 4 heterocycles. The van der Waals surface area contributed by atoms with Gasteiger partial charge in [0.1, 0.15) is 41.0 Å². The van der Waals surface area contributed by atoms with Crippen molar-refractivity contribution in [3.63, 3.8) is 0 Å². The van der Waals surface area contributed by atoms with E-state index in [1.165, 1.54) is 37.7 Å². The average molecular weight is 957 g/mol. The summed E-state index contributed by atoms with van der Waals surface area (Å²) in [6, 6.07) is 10.3. The minimum atomic E-state index is -0.910. The van der Waals surface area contributed by atoms with Crippen LogP contribution in [-0.2, 0) is 19.6 Å². The summed E-state index contributed by atoms with van der Waals surface area (Å²) in [5.41, 5.74) is 9.19. The molecule has 374 valence electrons. The number of benzene rings is 1. The molecule has 0 spiro atoms. The summed E-state index contributed by atoms with van der Waals surface area (Å²) in [6.45, 7) is 23.4. The highest BCUT2D eigenvalue weighted by Crippen LogP contribution is 2.49. The molecule has 0 amide bonds. The van der Waals surface area contributed by atoms with Crippen LogP contribution in [0.5, 0.6) is 0 Å². The Morgan fingerprint density at radius 1 is 0.873 bits per heavy atom. The third-order valence-electron chi connectivity index (χ3n) is 14.8. The predicted octanol–water partition coefficient (Wildman–Crippen LogP) is 14.6. The number of unbranched alkanes of at least 4 members (excludes halogenated alkanes) is 2. The molecule has 1 fully saturated rings. The number of H-pyrrole nitrogens is 1. The van der Waals surface area contributed by atoms with Gasteiger partial charge in [-0.1, -0.05) is 150 Å². The van der Waals surface area contributed by atoms with Crippen LogP contribution in [0.3, 0.4) is 0 Å². The highest BCUT2D eigenvalue weighted by Gasteiger charge is 2.44. The van der Waals surface area contributed by atoms with Crippen LogP contribution in [0.25, 0.3) is 22.2 Å². The van der Waals surface area contributed by atoms with Crippen LogP contribution in [0.2, 0.25) is 0 Å². The van der Waals surface area contributed by atoms with Gasteiger partial charge in [-0.25, -0.2) is 4.98 Å². The number of nitrogens with zero attached hydrogens (tertiary/aromatic N) is 4. The van der Waals surface area contributed by atoms with E-state index in [1.807, 2.05) is 12.1 Å². The van der Waals surface area contributed by atoms with Crippen LogP contribution in [0.4, 0.5) is 0 Å². The Morgan fingerprint density at radius 2 is 1.63 bits per heavy atom. The SMILES string of the molecule is CCCCC(CC)COC1=CCC=C(C2=NC([C@H](C#N)c3nc4cc(C(C)(C)C)ccc4o3)c3c(C4=CCC(OCC(CC)CCCC)C=C4)[nH]c(C(C#N)=C4NC5C=C(C(C)(C)C)C=CC5O4)c32)C=C1. The molecule has 8 rings (SSSR count). The van der Waals surface area contributed by atoms with E-state index in [1.54, 1.807) is 0 Å². The molecule has 5 aliphatic rings. The van der Waals surface area contributed by atoms with Crippen LogP contribution in [0, 0.1) is 39.9 Å². The molecule has 6 unspecified atom stereocenters. The van der Waals surface area contributed by atoms with Gasteiger partial charge in [-0.3, -0.25) is 4.99 Å². The Balaban J connectivity index is 1.25. The Bertz CT molecular complexity index is 2810. The van der Waals surface area contributed by atoms with Crippen LogP contribution >= 0.6 is 0 Å². The van der Waals surface area contributed by atoms with E-state index in [-0.39, 0.29) is 29.1 Å². The van der Waals surface area contributed by atoms with Gasteiger partial charge in [-0.05, 0) is 107 Å². The van der Waals surface area contributed by atoms with E-state index in [2.05, 4.69) is 158 Å². The lowest BCUT2D eigenvalue weighted by Crippen LogP contribution is -2.30. The average Bonchev–Trinajstić information content (AvgIpc) is 4.12. The van der Waals surface area contributed by atoms with Gasteiger partial charge in [0, 0.05) is 11.1 Å². The van der Waals surface area contributed by atoms with E-state index in [0.717, 1.165) is 65.2 Å². The summed E-state index contributed by atoms with van der Waals surface area (Å²) in [5.74, 6) is 1.62. The van der Waals surface area contributed by atoms with Gasteiger partial charge < -0.3 is 28.9 Å². The Labute approximate surface area is 423 Å². The van der Waals surface area contributed by atoms with E-state index >= 15 is 0 Å². The first-order valence-corrected chi connectivity index (χ1v) is 26.5. The van der Waals surface area contributed by atoms with Crippen molar-refractivity contribution in [3.05, 3.63) is 136 Å². The van der Waals surface area contributed by atoms with Crippen LogP contribution < -0.4 is 5.32 Å². The highest BCUT2D eigenvalue weighted by atomic mass is 16.5. The molecule has 1 aromatic carbocycles. The second-order valence-corrected chi connectivity index (χ2v) is 22.1. The standard InChI is InChI=1S/C61H76N6O4/c1-11-15-18-38(13-3)36-68-44-21-17-20-40(22-27-44)54-52-53(57(66-54)47(35-63)59-65-49-33-43(61(8,9)10)26-31-51(49)71-59)55(41-23-28-45(29-24-41)69-37-39(14-4)19-16-12-2)67-56(52)46(34-62)58-64-48-32-42(60(5,6)7)25-30-50(48)70-58/h20-28,30-33,38-39,45,47-48,50,57,64,67H,11-19,29,36-37H2,1-10H3/t38?,39?,45?,47-,48?,50?,57?/m0/s1. The van der Waals surface area contributed by atoms with E-state index in [9.17, 15) is 10.5 Å². The topological polar surface area (TPSA) is 141 Å². The fourth-order valence-electron chi connectivity index (χ4n) is 10.1. The zero-order chi connectivity index (χ0) is 50.5. The molecule has 10 nitrogen and oxygen atoms in total. The summed E-state index contributed by atoms with van der Waals surface area (Å²) >= 11 is 0. The number of rotatable bonds is 19. The first kappa shape index (κ1) is 51.3. The fourth-order valence-corrected chi connectivity index (χ4v) is 10.1. The first-order chi connectivity index (χ1) is 34.2. The van der Waals surface area contributed by atoms with Crippen molar-refractivity contribution in [1.29, 1.82) is 10.5 Å². The summed E-state index contributed by atoms with van der Waals surface area (Å²) in [7, 11) is 0. The normalized spacial score (nSPS) is 22.6. The third kappa shape index (κ3) is 11.3. The van der Waals surface area contributed by atoms with Gasteiger partial charge in [0.05, 0.1) is 48.5 Å². The maximum Gasteiger partial charge on any atom is 0.215 e. The van der Waals surface area contributed by atoms with Crippen molar-refractivity contribution in [2.24, 2.45) is 22.2 Å². The van der Waals surface area contributed by atoms with Crippen molar-refractivity contribution in [3.8, 4) is 12.1 Å². The Hall–Kier alpha value is -6.10. The zero-order valence-corrected chi connectivity index (χ0v) is 44.0. The molecule has 2 aliphatic heterocycles. The molecule has 0 saturated carbocycles. The van der Waals surface area contributed by atoms with Gasteiger partial charge in [0.2, 0.25) is 11.8 Å². The van der Waals surface area contributed by atoms with Crippen molar-refractivity contribution in [2.75, 3.05) is 13.2 Å². The van der Waals surface area contributed by atoms with Crippen LogP contribution in [0.15, 0.2) is 111 Å². The molecule has 1 saturated heterocycles. The summed E-state index contributed by atoms with van der Waals surface area (Å²) < 4.78 is 26.2. The maximum absolute atomic E-state index is 11.3. The van der Waals surface area contributed by atoms with Gasteiger partial charge >= 0.3 is 0 Å². The first-order valence-electron chi connectivity index (χ1n) is 26.5. The molecule has 3 aliphatic carbocycles. The molecule has 0 radical (unpaired) electrons. The molecule has 3 aromatic rings. The molecular weight excluding hydrogens is 881 g/mol. The number of nitriles is 2. The number of nitrogens with one attached hydrogen (secondary N) is 2. The van der Waals surface area contributed by atoms with Gasteiger partial charge in [-0.2, -0.15) is 10.5 Å². The number of oxazole rings is 1. The fraction of sp³-hybridized carbons (Fsp3) is 0.508. The molecule has 2 N–H and O–H groups in total. The highest BCUT2D eigenvalue weighted by molar-refractivity contribution is 6.20. The van der Waals surface area contributed by atoms with Crippen molar-refractivity contribution >= 4 is 28.0 Å². The van der Waals surface area contributed by atoms with Gasteiger partial charge in [-0.15, -0.1) is 0 Å². The van der Waals surface area contributed by atoms with Gasteiger partial charge in [0.15, 0.2) is 5.58 Å². The van der Waals surface area contributed by atoms with E-state index in [4.69, 9.17) is 28.6 Å². The second-order valence-electron chi connectivity index (χ2n) is 22.1. The van der Waals surface area contributed by atoms with Crippen molar-refractivity contribution in [1.82, 2.24) is 15.3 Å². The lowest BCUT2D eigenvalue weighted by atomic mass is 9.82. The third-order valence-corrected chi connectivity index (χ3v) is 14.8. The van der Waals surface area contributed by atoms with Crippen molar-refractivity contribution in [2.45, 2.75) is 169 Å². The van der Waals surface area contributed by atoms with E-state index in [0.29, 0.717) is 71.1 Å². The molecule has 0 bridgehead atoms. The zero-order valence-electron chi connectivity index (χ0n) is 44.0. The number of aliphatic imine (C=N–C) groups is 1. The number of hydrogen-bond acceptors (Lipinski definition) is 9. The number of fused-ring (bicyclic) bond motifs is 3. The quantitative estimate of drug-likeness (QED) is 0.113. The largest absolute Gasteiger partial charge is 0.494 e. The summed E-state index contributed by atoms with van der Waals surface area (Å²) in [4.78, 5) is 14.4. The smallest absolute Gasteiger partial charge is 0.215 e. The van der Waals surface area contributed by atoms with Gasteiger partial charge in [0.25, 0.3) is 0 Å². The molecule has 71 heavy (non-hydrogen) atoms. The number of allylic oxidation sites excluding steroid dienone is 10. The maximum atomic E-state index is 11.3. The van der Waals surface area contributed by atoms with Crippen LogP contribution in [0.1, 0.15) is 179 Å². The number of ether oxygens (including phenoxy) is 3. The van der Waals surface area contributed by atoms with Crippen LogP contribution in [-0.4, -0.2) is 47.1 Å². The number of aromatic amines is 1. The Kier molecular flexibility index (Phi) is 16.0. The monoisotopic (exact) mass is 957 g/mol. The summed E-state index contributed by atoms with van der Waals surface area (Å²) in [6.07, 6.45) is 31.4. The lowest BCUT2D eigenvalue weighted by molar-refractivity contribution is 0.0542. The predicted molar refractivity (Wildman–Crippen MR) is 286 cm³/mol. The molecular formula is C61H76N6O4. The molecule has 2 aromatic heterocycles.